The minimum Gasteiger partial charge on any atom is -0.460 e. The molecule has 1 aliphatic rings. The van der Waals surface area contributed by atoms with Gasteiger partial charge in [-0.1, -0.05) is 18.2 Å². The van der Waals surface area contributed by atoms with Gasteiger partial charge in [0.15, 0.2) is 0 Å². The number of nitrogens with one attached hydrogen (secondary N) is 1. The maximum Gasteiger partial charge on any atom is 0.376 e. The van der Waals surface area contributed by atoms with Crippen LogP contribution in [0.4, 0.5) is 11.4 Å². The van der Waals surface area contributed by atoms with Crippen LogP contribution in [0.2, 0.25) is 0 Å². The van der Waals surface area contributed by atoms with Gasteiger partial charge in [-0.2, -0.15) is 0 Å². The Morgan fingerprint density at radius 2 is 1.80 bits per heavy atom. The molecule has 4 rings (SSSR count). The van der Waals surface area contributed by atoms with Gasteiger partial charge in [0, 0.05) is 23.8 Å². The smallest absolute Gasteiger partial charge is 0.376 e. The van der Waals surface area contributed by atoms with Crippen LogP contribution in [0.15, 0.2) is 52.9 Å². The highest BCUT2D eigenvalue weighted by Crippen LogP contribution is 2.32. The van der Waals surface area contributed by atoms with Crippen LogP contribution in [0, 0.1) is 0 Å². The molecule has 8 heteroatoms. The van der Waals surface area contributed by atoms with Gasteiger partial charge in [0.2, 0.25) is 17.6 Å². The number of amides is 3. The molecular weight excluding hydrogens is 388 g/mol. The Hall–Kier alpha value is -3.94. The Morgan fingerprint density at radius 1 is 1.07 bits per heavy atom. The van der Waals surface area contributed by atoms with Crippen molar-refractivity contribution >= 4 is 46.0 Å². The standard InChI is InChI=1S/C22H18N2O6/c1-2-29-22(28)20-19(15-8-3-4-9-16(15)30-20)23-21(27)13-6-5-7-14(12-13)24-17(25)10-11-18(24)26/h3-9,12H,2,10-11H2,1H3,(H,23,27). The minimum absolute atomic E-state index is 0.104. The number of imide groups is 1. The van der Waals surface area contributed by atoms with Gasteiger partial charge in [-0.15, -0.1) is 0 Å². The van der Waals surface area contributed by atoms with E-state index in [1.807, 2.05) is 0 Å². The van der Waals surface area contributed by atoms with Crippen molar-refractivity contribution in [1.82, 2.24) is 0 Å². The molecule has 0 spiro atoms. The number of para-hydroxylation sites is 1. The summed E-state index contributed by atoms with van der Waals surface area (Å²) in [5.74, 6) is -1.92. The largest absolute Gasteiger partial charge is 0.460 e. The number of ether oxygens (including phenoxy) is 1. The van der Waals surface area contributed by atoms with Crippen LogP contribution in [0.5, 0.6) is 0 Å². The summed E-state index contributed by atoms with van der Waals surface area (Å²) in [6, 6.07) is 13.1. The lowest BCUT2D eigenvalue weighted by molar-refractivity contribution is -0.121. The van der Waals surface area contributed by atoms with E-state index in [9.17, 15) is 19.2 Å². The zero-order valence-corrected chi connectivity index (χ0v) is 16.1. The van der Waals surface area contributed by atoms with Crippen LogP contribution in [0.25, 0.3) is 11.0 Å². The van der Waals surface area contributed by atoms with Crippen molar-refractivity contribution in [2.24, 2.45) is 0 Å². The summed E-state index contributed by atoms with van der Waals surface area (Å²) >= 11 is 0. The summed E-state index contributed by atoms with van der Waals surface area (Å²) < 4.78 is 10.6. The zero-order chi connectivity index (χ0) is 21.3. The number of furan rings is 1. The van der Waals surface area contributed by atoms with Crippen molar-refractivity contribution in [3.8, 4) is 0 Å². The van der Waals surface area contributed by atoms with E-state index in [4.69, 9.17) is 9.15 Å². The van der Waals surface area contributed by atoms with Crippen molar-refractivity contribution < 1.29 is 28.3 Å². The fraction of sp³-hybridized carbons (Fsp3) is 0.182. The van der Waals surface area contributed by atoms with Crippen molar-refractivity contribution in [1.29, 1.82) is 0 Å². The average Bonchev–Trinajstić information content (AvgIpc) is 3.28. The fourth-order valence-corrected chi connectivity index (χ4v) is 3.35. The topological polar surface area (TPSA) is 106 Å². The van der Waals surface area contributed by atoms with Gasteiger partial charge in [0.05, 0.1) is 12.3 Å². The number of carbonyl (C=O) groups is 4. The quantitative estimate of drug-likeness (QED) is 0.513. The molecule has 2 heterocycles. The molecule has 0 bridgehead atoms. The number of benzene rings is 2. The van der Waals surface area contributed by atoms with E-state index in [1.165, 1.54) is 6.07 Å². The number of fused-ring (bicyclic) bond motifs is 1. The Balaban J connectivity index is 1.68. The third kappa shape index (κ3) is 3.43. The monoisotopic (exact) mass is 406 g/mol. The van der Waals surface area contributed by atoms with Gasteiger partial charge in [-0.25, -0.2) is 4.79 Å². The number of anilines is 2. The summed E-state index contributed by atoms with van der Waals surface area (Å²) in [4.78, 5) is 50.3. The molecule has 3 amide bonds. The lowest BCUT2D eigenvalue weighted by Crippen LogP contribution is -2.28. The molecule has 0 unspecified atom stereocenters. The molecule has 0 saturated carbocycles. The summed E-state index contributed by atoms with van der Waals surface area (Å²) in [7, 11) is 0. The Morgan fingerprint density at radius 3 is 2.53 bits per heavy atom. The Labute approximate surface area is 171 Å². The zero-order valence-electron chi connectivity index (χ0n) is 16.1. The second kappa shape index (κ2) is 7.82. The van der Waals surface area contributed by atoms with Crippen LogP contribution in [-0.2, 0) is 14.3 Å². The van der Waals surface area contributed by atoms with Crippen LogP contribution in [0.1, 0.15) is 40.7 Å². The molecule has 1 N–H and O–H groups in total. The van der Waals surface area contributed by atoms with E-state index >= 15 is 0 Å². The predicted molar refractivity (Wildman–Crippen MR) is 108 cm³/mol. The second-order valence-corrected chi connectivity index (χ2v) is 6.65. The lowest BCUT2D eigenvalue weighted by Gasteiger charge is -2.14. The molecule has 8 nitrogen and oxygen atoms in total. The maximum absolute atomic E-state index is 12.9. The number of carbonyl (C=O) groups excluding carboxylic acids is 4. The first kappa shape index (κ1) is 19.4. The van der Waals surface area contributed by atoms with Gasteiger partial charge in [0.1, 0.15) is 11.3 Å². The third-order valence-corrected chi connectivity index (χ3v) is 4.71. The first-order chi connectivity index (χ1) is 14.5. The van der Waals surface area contributed by atoms with Gasteiger partial charge in [-0.3, -0.25) is 19.3 Å². The van der Waals surface area contributed by atoms with Gasteiger partial charge in [-0.05, 0) is 37.3 Å². The SMILES string of the molecule is CCOC(=O)c1oc2ccccc2c1NC(=O)c1cccc(N2C(=O)CCC2=O)c1. The van der Waals surface area contributed by atoms with Gasteiger partial charge < -0.3 is 14.5 Å². The summed E-state index contributed by atoms with van der Waals surface area (Å²) in [6.45, 7) is 1.83. The molecule has 152 valence electrons. The molecule has 1 aliphatic heterocycles. The number of nitrogens with zero attached hydrogens (tertiary/aromatic N) is 1. The van der Waals surface area contributed by atoms with Crippen molar-refractivity contribution in [3.63, 3.8) is 0 Å². The van der Waals surface area contributed by atoms with E-state index in [2.05, 4.69) is 5.32 Å². The number of esters is 1. The molecule has 1 aromatic heterocycles. The van der Waals surface area contributed by atoms with E-state index in [0.29, 0.717) is 16.7 Å². The molecule has 1 saturated heterocycles. The average molecular weight is 406 g/mol. The first-order valence-electron chi connectivity index (χ1n) is 9.45. The normalized spacial score (nSPS) is 13.7. The molecule has 3 aromatic rings. The number of hydrogen-bond donors (Lipinski definition) is 1. The second-order valence-electron chi connectivity index (χ2n) is 6.65. The maximum atomic E-state index is 12.9. The molecule has 30 heavy (non-hydrogen) atoms. The lowest BCUT2D eigenvalue weighted by atomic mass is 10.1. The van der Waals surface area contributed by atoms with E-state index < -0.39 is 11.9 Å². The van der Waals surface area contributed by atoms with Crippen molar-refractivity contribution in [3.05, 3.63) is 59.9 Å². The highest BCUT2D eigenvalue weighted by molar-refractivity contribution is 6.20. The van der Waals surface area contributed by atoms with Crippen LogP contribution < -0.4 is 10.2 Å². The predicted octanol–water partition coefficient (Wildman–Crippen LogP) is 3.52. The molecular formula is C22H18N2O6. The number of rotatable bonds is 5. The summed E-state index contributed by atoms with van der Waals surface area (Å²) in [6.07, 6.45) is 0.304. The number of hydrogen-bond acceptors (Lipinski definition) is 6. The highest BCUT2D eigenvalue weighted by Gasteiger charge is 2.31. The van der Waals surface area contributed by atoms with E-state index in [1.54, 1.807) is 49.4 Å². The molecule has 2 aromatic carbocycles. The third-order valence-electron chi connectivity index (χ3n) is 4.71. The summed E-state index contributed by atoms with van der Waals surface area (Å²) in [5.41, 5.74) is 1.18. The Bertz CT molecular complexity index is 1160. The summed E-state index contributed by atoms with van der Waals surface area (Å²) in [5, 5.41) is 3.26. The molecule has 0 radical (unpaired) electrons. The molecule has 1 fully saturated rings. The highest BCUT2D eigenvalue weighted by atomic mass is 16.5. The Kier molecular flexibility index (Phi) is 5.05. The molecule has 0 atom stereocenters. The first-order valence-corrected chi connectivity index (χ1v) is 9.45. The van der Waals surface area contributed by atoms with Gasteiger partial charge >= 0.3 is 5.97 Å². The van der Waals surface area contributed by atoms with Crippen LogP contribution >= 0.6 is 0 Å². The van der Waals surface area contributed by atoms with E-state index in [0.717, 1.165) is 4.90 Å². The van der Waals surface area contributed by atoms with Crippen LogP contribution in [-0.4, -0.2) is 30.3 Å². The van der Waals surface area contributed by atoms with E-state index in [-0.39, 0.29) is 48.3 Å². The van der Waals surface area contributed by atoms with Crippen molar-refractivity contribution in [2.45, 2.75) is 19.8 Å². The minimum atomic E-state index is -0.689. The van der Waals surface area contributed by atoms with Gasteiger partial charge in [0.25, 0.3) is 5.91 Å². The fourth-order valence-electron chi connectivity index (χ4n) is 3.35. The molecule has 0 aliphatic carbocycles. The van der Waals surface area contributed by atoms with Crippen molar-refractivity contribution in [2.75, 3.05) is 16.8 Å². The van der Waals surface area contributed by atoms with Crippen LogP contribution in [0.3, 0.4) is 0 Å².